The number of nitriles is 1. The quantitative estimate of drug-likeness (QED) is 0.708. The number of benzene rings is 1. The molecule has 3 heteroatoms. The molecule has 0 saturated heterocycles. The van der Waals surface area contributed by atoms with E-state index >= 15 is 0 Å². The second-order valence-electron chi connectivity index (χ2n) is 3.23. The molecule has 1 aromatic carbocycles. The van der Waals surface area contributed by atoms with Crippen LogP contribution in [0, 0.1) is 11.3 Å². The Morgan fingerprint density at radius 1 is 1.53 bits per heavy atom. The van der Waals surface area contributed by atoms with Crippen LogP contribution in [0.3, 0.4) is 0 Å². The molecule has 1 aromatic rings. The number of hydrogen-bond donors (Lipinski definition) is 0. The molecule has 0 bridgehead atoms. The average molecular weight is 203 g/mol. The highest BCUT2D eigenvalue weighted by Crippen LogP contribution is 2.25. The summed E-state index contributed by atoms with van der Waals surface area (Å²) in [6.07, 6.45) is 0.709. The van der Waals surface area contributed by atoms with Crippen molar-refractivity contribution >= 4 is 5.78 Å². The first-order valence-corrected chi connectivity index (χ1v) is 4.76. The minimum atomic E-state index is -0.0341. The van der Waals surface area contributed by atoms with Gasteiger partial charge in [0.05, 0.1) is 24.3 Å². The molecule has 0 fully saturated rings. The number of ether oxygens (including phenoxy) is 1. The maximum Gasteiger partial charge on any atom is 0.163 e. The van der Waals surface area contributed by atoms with Gasteiger partial charge in [-0.3, -0.25) is 4.79 Å². The summed E-state index contributed by atoms with van der Waals surface area (Å²) in [7, 11) is 1.50. The lowest BCUT2D eigenvalue weighted by Gasteiger charge is -2.10. The zero-order valence-electron chi connectivity index (χ0n) is 9.13. The van der Waals surface area contributed by atoms with Crippen molar-refractivity contribution in [3.05, 3.63) is 28.8 Å². The molecule has 15 heavy (non-hydrogen) atoms. The monoisotopic (exact) mass is 203 g/mol. The molecule has 1 rings (SSSR count). The number of ketones is 1. The van der Waals surface area contributed by atoms with Crippen LogP contribution in [0.1, 0.15) is 35.3 Å². The number of methoxy groups -OCH3 is 1. The van der Waals surface area contributed by atoms with Crippen molar-refractivity contribution < 1.29 is 9.53 Å². The molecule has 0 aliphatic carbocycles. The molecule has 0 spiro atoms. The van der Waals surface area contributed by atoms with Gasteiger partial charge in [0.2, 0.25) is 0 Å². The summed E-state index contributed by atoms with van der Waals surface area (Å²) in [5.41, 5.74) is 1.96. The van der Waals surface area contributed by atoms with E-state index in [0.29, 0.717) is 23.3 Å². The summed E-state index contributed by atoms with van der Waals surface area (Å²) >= 11 is 0. The fraction of sp³-hybridized carbons (Fsp3) is 0.333. The topological polar surface area (TPSA) is 50.1 Å². The van der Waals surface area contributed by atoms with Crippen molar-refractivity contribution in [3.8, 4) is 11.8 Å². The number of nitrogens with zero attached hydrogens (tertiary/aromatic N) is 1. The highest BCUT2D eigenvalue weighted by molar-refractivity contribution is 5.98. The Morgan fingerprint density at radius 2 is 2.20 bits per heavy atom. The lowest BCUT2D eigenvalue weighted by molar-refractivity contribution is 0.101. The Balaban J connectivity index is 3.48. The number of hydrogen-bond acceptors (Lipinski definition) is 3. The highest BCUT2D eigenvalue weighted by atomic mass is 16.5. The molecule has 0 amide bonds. The maximum atomic E-state index is 11.4. The first-order chi connectivity index (χ1) is 7.13. The first-order valence-electron chi connectivity index (χ1n) is 4.76. The SMILES string of the molecule is CCc1cc(C#N)cc(OC)c1C(C)=O. The van der Waals surface area contributed by atoms with Crippen molar-refractivity contribution in [2.45, 2.75) is 20.3 Å². The first kappa shape index (κ1) is 11.3. The third-order valence-corrected chi connectivity index (χ3v) is 2.27. The van der Waals surface area contributed by atoms with Gasteiger partial charge >= 0.3 is 0 Å². The van der Waals surface area contributed by atoms with E-state index in [1.807, 2.05) is 6.92 Å². The zero-order valence-corrected chi connectivity index (χ0v) is 9.13. The van der Waals surface area contributed by atoms with Crippen molar-refractivity contribution in [1.82, 2.24) is 0 Å². The summed E-state index contributed by atoms with van der Waals surface area (Å²) in [5.74, 6) is 0.451. The predicted octanol–water partition coefficient (Wildman–Crippen LogP) is 2.33. The van der Waals surface area contributed by atoms with E-state index in [0.717, 1.165) is 5.56 Å². The molecule has 0 N–H and O–H groups in total. The summed E-state index contributed by atoms with van der Waals surface area (Å²) in [6.45, 7) is 3.45. The molecule has 0 saturated carbocycles. The van der Waals surface area contributed by atoms with Crippen molar-refractivity contribution in [3.63, 3.8) is 0 Å². The third kappa shape index (κ3) is 2.16. The number of rotatable bonds is 3. The van der Waals surface area contributed by atoms with Gasteiger partial charge in [0.15, 0.2) is 5.78 Å². The molecular weight excluding hydrogens is 190 g/mol. The fourth-order valence-electron chi connectivity index (χ4n) is 1.58. The Bertz CT molecular complexity index is 405. The van der Waals surface area contributed by atoms with Crippen molar-refractivity contribution in [1.29, 1.82) is 5.26 Å². The van der Waals surface area contributed by atoms with Gasteiger partial charge in [0, 0.05) is 0 Å². The Labute approximate surface area is 89.3 Å². The van der Waals surface area contributed by atoms with E-state index < -0.39 is 0 Å². The van der Waals surface area contributed by atoms with E-state index in [2.05, 4.69) is 6.07 Å². The Morgan fingerprint density at radius 3 is 2.60 bits per heavy atom. The summed E-state index contributed by atoms with van der Waals surface area (Å²) < 4.78 is 5.12. The largest absolute Gasteiger partial charge is 0.496 e. The smallest absolute Gasteiger partial charge is 0.163 e. The lowest BCUT2D eigenvalue weighted by atomic mass is 9.98. The van der Waals surface area contributed by atoms with E-state index in [9.17, 15) is 4.79 Å². The average Bonchev–Trinajstić information content (AvgIpc) is 2.26. The zero-order chi connectivity index (χ0) is 11.4. The van der Waals surface area contributed by atoms with Crippen LogP contribution >= 0.6 is 0 Å². The van der Waals surface area contributed by atoms with Gasteiger partial charge in [-0.1, -0.05) is 6.92 Å². The number of Topliss-reactive ketones (excluding diaryl/α,β-unsaturated/α-hetero) is 1. The summed E-state index contributed by atoms with van der Waals surface area (Å²) in [5, 5.41) is 8.82. The van der Waals surface area contributed by atoms with Crippen LogP contribution in [0.25, 0.3) is 0 Å². The van der Waals surface area contributed by atoms with Crippen molar-refractivity contribution in [2.75, 3.05) is 7.11 Å². The van der Waals surface area contributed by atoms with Gasteiger partial charge in [-0.15, -0.1) is 0 Å². The minimum absolute atomic E-state index is 0.0341. The van der Waals surface area contributed by atoms with Gasteiger partial charge in [-0.2, -0.15) is 5.26 Å². The maximum absolute atomic E-state index is 11.4. The van der Waals surface area contributed by atoms with Crippen LogP contribution < -0.4 is 4.74 Å². The second-order valence-corrected chi connectivity index (χ2v) is 3.23. The highest BCUT2D eigenvalue weighted by Gasteiger charge is 2.14. The second kappa shape index (κ2) is 4.61. The minimum Gasteiger partial charge on any atom is -0.496 e. The summed E-state index contributed by atoms with van der Waals surface area (Å²) in [6, 6.07) is 5.38. The molecular formula is C12H13NO2. The van der Waals surface area contributed by atoms with Gasteiger partial charge in [0.1, 0.15) is 5.75 Å². The van der Waals surface area contributed by atoms with Crippen molar-refractivity contribution in [2.24, 2.45) is 0 Å². The number of aryl methyl sites for hydroxylation is 1. The van der Waals surface area contributed by atoms with Gasteiger partial charge in [-0.25, -0.2) is 0 Å². The standard InChI is InChI=1S/C12H13NO2/c1-4-10-5-9(7-13)6-11(15-3)12(10)8(2)14/h5-6H,4H2,1-3H3. The number of carbonyl (C=O) groups is 1. The fourth-order valence-corrected chi connectivity index (χ4v) is 1.58. The van der Waals surface area contributed by atoms with Gasteiger partial charge < -0.3 is 4.74 Å². The lowest BCUT2D eigenvalue weighted by Crippen LogP contribution is -2.03. The normalized spacial score (nSPS) is 9.47. The van der Waals surface area contributed by atoms with Gasteiger partial charge in [0.25, 0.3) is 0 Å². The molecule has 3 nitrogen and oxygen atoms in total. The molecule has 0 aliphatic heterocycles. The Hall–Kier alpha value is -1.82. The van der Waals surface area contributed by atoms with Crippen LogP contribution in [-0.4, -0.2) is 12.9 Å². The van der Waals surface area contributed by atoms with Crippen LogP contribution in [0.5, 0.6) is 5.75 Å². The molecule has 0 heterocycles. The molecule has 0 aromatic heterocycles. The van der Waals surface area contributed by atoms with Crippen LogP contribution in [0.15, 0.2) is 12.1 Å². The number of carbonyl (C=O) groups excluding carboxylic acids is 1. The van der Waals surface area contributed by atoms with E-state index in [1.165, 1.54) is 14.0 Å². The van der Waals surface area contributed by atoms with E-state index in [-0.39, 0.29) is 5.78 Å². The third-order valence-electron chi connectivity index (χ3n) is 2.27. The molecule has 0 radical (unpaired) electrons. The summed E-state index contributed by atoms with van der Waals surface area (Å²) in [4.78, 5) is 11.4. The molecule has 0 aliphatic rings. The molecule has 78 valence electrons. The molecule has 0 unspecified atom stereocenters. The predicted molar refractivity (Wildman–Crippen MR) is 57.1 cm³/mol. The van der Waals surface area contributed by atoms with E-state index in [4.69, 9.17) is 10.00 Å². The van der Waals surface area contributed by atoms with Crippen LogP contribution in [-0.2, 0) is 6.42 Å². The van der Waals surface area contributed by atoms with Crippen LogP contribution in [0.4, 0.5) is 0 Å². The Kier molecular flexibility index (Phi) is 3.46. The van der Waals surface area contributed by atoms with Gasteiger partial charge in [-0.05, 0) is 31.0 Å². The van der Waals surface area contributed by atoms with E-state index in [1.54, 1.807) is 12.1 Å². The molecule has 0 atom stereocenters. The van der Waals surface area contributed by atoms with Crippen LogP contribution in [0.2, 0.25) is 0 Å².